The maximum Gasteiger partial charge on any atom is 0.311 e. The molecule has 9 nitrogen and oxygen atoms in total. The Labute approximate surface area is 164 Å². The topological polar surface area (TPSA) is 125 Å². The minimum Gasteiger partial charge on any atom is -0.375 e. The van der Waals surface area contributed by atoms with Gasteiger partial charge in [-0.15, -0.1) is 11.6 Å². The summed E-state index contributed by atoms with van der Waals surface area (Å²) in [5, 5.41) is 9.54. The van der Waals surface area contributed by atoms with Crippen LogP contribution in [0.3, 0.4) is 0 Å². The third-order valence-corrected chi connectivity index (χ3v) is 7.37. The number of nitrogens with one attached hydrogen (secondary N) is 2. The number of hydrogen-bond acceptors (Lipinski definition) is 8. The van der Waals surface area contributed by atoms with Crippen molar-refractivity contribution < 1.29 is 26.2 Å². The molecule has 154 valence electrons. The van der Waals surface area contributed by atoms with Crippen LogP contribution in [0, 0.1) is 0 Å². The molecule has 0 radical (unpaired) electrons. The molecule has 12 heteroatoms. The van der Waals surface area contributed by atoms with Crippen LogP contribution in [-0.2, 0) is 30.2 Å². The number of benzene rings is 1. The number of hydrogen-bond donors (Lipinski definition) is 3. The van der Waals surface area contributed by atoms with Crippen molar-refractivity contribution in [2.75, 3.05) is 24.4 Å². The van der Waals surface area contributed by atoms with Crippen LogP contribution in [-0.4, -0.2) is 50.7 Å². The average molecular weight is 442 g/mol. The first-order chi connectivity index (χ1) is 12.7. The highest BCUT2D eigenvalue weighted by Crippen LogP contribution is 2.18. The van der Waals surface area contributed by atoms with Crippen LogP contribution in [0.5, 0.6) is 0 Å². The number of sulfonamides is 1. The Hall–Kier alpha value is -0.950. The van der Waals surface area contributed by atoms with Crippen molar-refractivity contribution in [3.05, 3.63) is 29.8 Å². The van der Waals surface area contributed by atoms with E-state index in [9.17, 15) is 21.9 Å². The standard InChI is InChI=1S/C15H24ClN3O6S2/c16-9-3-4-15(20)27(23,24)25-18-17-14-7-5-13(6-8-14)12-26(21,22)19-10-1-2-11-19/h5-8,15,17-18,20H,1-4,9-12H2. The van der Waals surface area contributed by atoms with E-state index in [1.54, 1.807) is 24.3 Å². The predicted octanol–water partition coefficient (Wildman–Crippen LogP) is 1.13. The van der Waals surface area contributed by atoms with Crippen molar-refractivity contribution in [3.8, 4) is 0 Å². The summed E-state index contributed by atoms with van der Waals surface area (Å²) in [5.41, 5.74) is 3.97. The predicted molar refractivity (Wildman–Crippen MR) is 103 cm³/mol. The molecule has 0 saturated carbocycles. The number of alkyl halides is 1. The van der Waals surface area contributed by atoms with E-state index in [4.69, 9.17) is 11.6 Å². The Morgan fingerprint density at radius 3 is 2.37 bits per heavy atom. The maximum atomic E-state index is 12.3. The number of nitrogens with zero attached hydrogens (tertiary/aromatic N) is 1. The largest absolute Gasteiger partial charge is 0.375 e. The van der Waals surface area contributed by atoms with Crippen LogP contribution in [0.1, 0.15) is 31.2 Å². The molecule has 0 aliphatic carbocycles. The van der Waals surface area contributed by atoms with Gasteiger partial charge in [-0.3, -0.25) is 5.43 Å². The van der Waals surface area contributed by atoms with Gasteiger partial charge in [0.1, 0.15) is 0 Å². The minimum atomic E-state index is -4.21. The van der Waals surface area contributed by atoms with E-state index in [1.807, 2.05) is 0 Å². The van der Waals surface area contributed by atoms with Crippen LogP contribution in [0.2, 0.25) is 0 Å². The van der Waals surface area contributed by atoms with E-state index >= 15 is 0 Å². The average Bonchev–Trinajstić information content (AvgIpc) is 3.16. The SMILES string of the molecule is O=S(=O)(ONNc1ccc(CS(=O)(=O)N2CCCC2)cc1)C(O)CCCCl. The van der Waals surface area contributed by atoms with Gasteiger partial charge in [-0.25, -0.2) is 12.7 Å². The lowest BCUT2D eigenvalue weighted by Gasteiger charge is -2.16. The number of anilines is 1. The fraction of sp³-hybridized carbons (Fsp3) is 0.600. The normalized spacial score (nSPS) is 17.1. The lowest BCUT2D eigenvalue weighted by molar-refractivity contribution is 0.172. The van der Waals surface area contributed by atoms with Gasteiger partial charge < -0.3 is 5.11 Å². The number of hydrazine groups is 1. The van der Waals surface area contributed by atoms with Crippen LogP contribution >= 0.6 is 11.6 Å². The van der Waals surface area contributed by atoms with Gasteiger partial charge in [-0.2, -0.15) is 12.7 Å². The van der Waals surface area contributed by atoms with Crippen molar-refractivity contribution >= 4 is 37.4 Å². The molecule has 3 N–H and O–H groups in total. The summed E-state index contributed by atoms with van der Waals surface area (Å²) in [6.45, 7) is 1.13. The Kier molecular flexibility index (Phi) is 8.28. The Morgan fingerprint density at radius 2 is 1.78 bits per heavy atom. The van der Waals surface area contributed by atoms with E-state index < -0.39 is 25.6 Å². The van der Waals surface area contributed by atoms with Gasteiger partial charge in [-0.1, -0.05) is 17.7 Å². The van der Waals surface area contributed by atoms with Gasteiger partial charge in [0, 0.05) is 19.0 Å². The molecule has 0 bridgehead atoms. The second-order valence-electron chi connectivity index (χ2n) is 6.15. The first-order valence-corrected chi connectivity index (χ1v) is 12.1. The van der Waals surface area contributed by atoms with E-state index in [0.717, 1.165) is 12.8 Å². The quantitative estimate of drug-likeness (QED) is 0.344. The number of halogens is 1. The third kappa shape index (κ3) is 6.86. The highest BCUT2D eigenvalue weighted by Gasteiger charge is 2.25. The van der Waals surface area contributed by atoms with Gasteiger partial charge in [0.25, 0.3) is 0 Å². The molecule has 1 heterocycles. The zero-order chi connectivity index (χ0) is 19.9. The molecule has 1 saturated heterocycles. The van der Waals surface area contributed by atoms with Gasteiger partial charge in [0.15, 0.2) is 5.44 Å². The monoisotopic (exact) mass is 441 g/mol. The molecular formula is C15H24ClN3O6S2. The van der Waals surface area contributed by atoms with E-state index in [-0.39, 0.29) is 18.1 Å². The second-order valence-corrected chi connectivity index (χ2v) is 10.2. The smallest absolute Gasteiger partial charge is 0.311 e. The molecule has 1 atom stereocenters. The van der Waals surface area contributed by atoms with Gasteiger partial charge >= 0.3 is 10.1 Å². The Balaban J connectivity index is 1.83. The first kappa shape index (κ1) is 22.3. The lowest BCUT2D eigenvalue weighted by Crippen LogP contribution is -2.32. The van der Waals surface area contributed by atoms with Crippen LogP contribution < -0.4 is 11.0 Å². The molecule has 2 rings (SSSR count). The lowest BCUT2D eigenvalue weighted by atomic mass is 10.2. The van der Waals surface area contributed by atoms with E-state index in [1.165, 1.54) is 4.31 Å². The summed E-state index contributed by atoms with van der Waals surface area (Å²) in [6.07, 6.45) is 2.07. The molecule has 0 spiro atoms. The van der Waals surface area contributed by atoms with E-state index in [2.05, 4.69) is 15.3 Å². The minimum absolute atomic E-state index is 0.0340. The number of aliphatic hydroxyl groups excluding tert-OH is 1. The molecule has 1 aliphatic rings. The van der Waals surface area contributed by atoms with E-state index in [0.29, 0.717) is 30.8 Å². The molecule has 0 aromatic heterocycles. The van der Waals surface area contributed by atoms with Gasteiger partial charge in [0.05, 0.1) is 11.4 Å². The van der Waals surface area contributed by atoms with Crippen LogP contribution in [0.25, 0.3) is 0 Å². The zero-order valence-electron chi connectivity index (χ0n) is 14.7. The maximum absolute atomic E-state index is 12.3. The molecule has 0 amide bonds. The molecule has 1 aromatic carbocycles. The van der Waals surface area contributed by atoms with Crippen molar-refractivity contribution in [1.29, 1.82) is 0 Å². The fourth-order valence-corrected chi connectivity index (χ4v) is 5.03. The van der Waals surface area contributed by atoms with Crippen molar-refractivity contribution in [2.45, 2.75) is 36.9 Å². The third-order valence-electron chi connectivity index (χ3n) is 4.03. The molecular weight excluding hydrogens is 418 g/mol. The van der Waals surface area contributed by atoms with Gasteiger partial charge in [-0.05, 0) is 43.4 Å². The summed E-state index contributed by atoms with van der Waals surface area (Å²) in [6, 6.07) is 6.42. The molecule has 1 aliphatic heterocycles. The summed E-state index contributed by atoms with van der Waals surface area (Å²) < 4.78 is 53.9. The van der Waals surface area contributed by atoms with Crippen molar-refractivity contribution in [3.63, 3.8) is 0 Å². The molecule has 27 heavy (non-hydrogen) atoms. The van der Waals surface area contributed by atoms with Crippen LogP contribution in [0.4, 0.5) is 5.69 Å². The number of aliphatic hydroxyl groups is 1. The zero-order valence-corrected chi connectivity index (χ0v) is 17.1. The fourth-order valence-electron chi connectivity index (χ4n) is 2.54. The molecule has 1 unspecified atom stereocenters. The number of rotatable bonds is 11. The summed E-state index contributed by atoms with van der Waals surface area (Å²) in [7, 11) is -7.53. The van der Waals surface area contributed by atoms with Crippen LogP contribution in [0.15, 0.2) is 24.3 Å². The second kappa shape index (κ2) is 10.0. The molecule has 1 fully saturated rings. The Morgan fingerprint density at radius 1 is 1.15 bits per heavy atom. The van der Waals surface area contributed by atoms with Crippen molar-refractivity contribution in [2.24, 2.45) is 0 Å². The summed E-state index contributed by atoms with van der Waals surface area (Å²) in [5.74, 6) is 0.149. The van der Waals surface area contributed by atoms with Crippen molar-refractivity contribution in [1.82, 2.24) is 9.89 Å². The van der Waals surface area contributed by atoms with Gasteiger partial charge in [0.2, 0.25) is 10.0 Å². The molecule has 1 aromatic rings. The highest BCUT2D eigenvalue weighted by atomic mass is 35.5. The Bertz CT molecular complexity index is 795. The summed E-state index contributed by atoms with van der Waals surface area (Å²) >= 11 is 5.45. The summed E-state index contributed by atoms with van der Waals surface area (Å²) in [4.78, 5) is 0. The highest BCUT2D eigenvalue weighted by molar-refractivity contribution is 7.88. The first-order valence-electron chi connectivity index (χ1n) is 8.49.